The average Bonchev–Trinajstić information content (AvgIpc) is 2.92. The third-order valence-corrected chi connectivity index (χ3v) is 8.51. The topological polar surface area (TPSA) is 44.0 Å². The molecule has 0 bridgehead atoms. The Balaban J connectivity index is 1.67. The van der Waals surface area contributed by atoms with E-state index in [0.717, 1.165) is 24.2 Å². The minimum absolute atomic E-state index is 0.155. The number of hydrogen-bond donors (Lipinski definition) is 1. The smallest absolute Gasteiger partial charge is 0.0758 e. The van der Waals surface area contributed by atoms with Crippen molar-refractivity contribution in [3.63, 3.8) is 0 Å². The van der Waals surface area contributed by atoms with Crippen LogP contribution in [0.2, 0.25) is 0 Å². The van der Waals surface area contributed by atoms with Gasteiger partial charge in [-0.25, -0.2) is 0 Å². The lowest BCUT2D eigenvalue weighted by atomic mass is 9.48. The van der Waals surface area contributed by atoms with Crippen molar-refractivity contribution in [3.8, 4) is 6.07 Å². The standard InChI is InChI=1S/C22H31NO/c1-14(13-23)18-6-7-19-17-5-4-15-12-16(24)8-10-21(15,2)20(17)9-11-22(18,19)3/h4,8,10,14,16-20,24H,5-7,9,11-12H2,1-3H3/t14-,16+,17+,18-,19+,20+,21+,22-/m1/s1. The molecule has 0 unspecified atom stereocenters. The minimum Gasteiger partial charge on any atom is -0.389 e. The molecule has 0 spiro atoms. The van der Waals surface area contributed by atoms with Crippen molar-refractivity contribution < 1.29 is 5.11 Å². The summed E-state index contributed by atoms with van der Waals surface area (Å²) < 4.78 is 0. The first-order valence-corrected chi connectivity index (χ1v) is 9.86. The van der Waals surface area contributed by atoms with Gasteiger partial charge in [-0.05, 0) is 74.5 Å². The van der Waals surface area contributed by atoms with Gasteiger partial charge in [0.05, 0.1) is 12.2 Å². The highest BCUT2D eigenvalue weighted by Gasteiger charge is 2.58. The molecular formula is C22H31NO. The molecule has 2 saturated carbocycles. The Bertz CT molecular complexity index is 628. The van der Waals surface area contributed by atoms with Crippen LogP contribution in [0.3, 0.4) is 0 Å². The van der Waals surface area contributed by atoms with Crippen molar-refractivity contribution in [2.75, 3.05) is 0 Å². The molecule has 4 rings (SSSR count). The fraction of sp³-hybridized carbons (Fsp3) is 0.773. The van der Waals surface area contributed by atoms with Crippen LogP contribution in [0, 0.1) is 51.8 Å². The van der Waals surface area contributed by atoms with Crippen LogP contribution in [0.4, 0.5) is 0 Å². The Kier molecular flexibility index (Phi) is 3.73. The summed E-state index contributed by atoms with van der Waals surface area (Å²) in [6.07, 6.45) is 13.6. The van der Waals surface area contributed by atoms with Crippen LogP contribution >= 0.6 is 0 Å². The van der Waals surface area contributed by atoms with Crippen molar-refractivity contribution in [1.29, 1.82) is 5.26 Å². The molecule has 4 aliphatic rings. The van der Waals surface area contributed by atoms with Crippen LogP contribution in [0.15, 0.2) is 23.8 Å². The summed E-state index contributed by atoms with van der Waals surface area (Å²) in [5, 5.41) is 19.5. The van der Waals surface area contributed by atoms with Gasteiger partial charge in [-0.3, -0.25) is 0 Å². The monoisotopic (exact) mass is 325 g/mol. The molecule has 4 aliphatic carbocycles. The normalized spacial score (nSPS) is 51.0. The van der Waals surface area contributed by atoms with E-state index in [2.05, 4.69) is 39.0 Å². The van der Waals surface area contributed by atoms with Gasteiger partial charge in [0.2, 0.25) is 0 Å². The molecule has 0 saturated heterocycles. The molecule has 0 aromatic rings. The number of rotatable bonds is 1. The second kappa shape index (κ2) is 5.46. The van der Waals surface area contributed by atoms with Crippen molar-refractivity contribution >= 4 is 0 Å². The van der Waals surface area contributed by atoms with Crippen LogP contribution in [0.5, 0.6) is 0 Å². The number of nitrogens with zero attached hydrogens (tertiary/aromatic N) is 1. The van der Waals surface area contributed by atoms with E-state index in [4.69, 9.17) is 0 Å². The maximum atomic E-state index is 10.0. The molecule has 130 valence electrons. The fourth-order valence-corrected chi connectivity index (χ4v) is 7.19. The predicted molar refractivity (Wildman–Crippen MR) is 95.9 cm³/mol. The largest absolute Gasteiger partial charge is 0.389 e. The van der Waals surface area contributed by atoms with Crippen LogP contribution < -0.4 is 0 Å². The Labute approximate surface area is 146 Å². The van der Waals surface area contributed by atoms with Gasteiger partial charge in [-0.1, -0.05) is 37.6 Å². The number of fused-ring (bicyclic) bond motifs is 5. The van der Waals surface area contributed by atoms with E-state index < -0.39 is 0 Å². The Morgan fingerprint density at radius 1 is 1.25 bits per heavy atom. The Morgan fingerprint density at radius 2 is 2.04 bits per heavy atom. The van der Waals surface area contributed by atoms with Gasteiger partial charge >= 0.3 is 0 Å². The lowest BCUT2D eigenvalue weighted by Gasteiger charge is -2.56. The number of aliphatic hydroxyl groups is 1. The van der Waals surface area contributed by atoms with Crippen LogP contribution in [0.25, 0.3) is 0 Å². The molecule has 0 aliphatic heterocycles. The summed E-state index contributed by atoms with van der Waals surface area (Å²) in [5.74, 6) is 3.01. The lowest BCUT2D eigenvalue weighted by molar-refractivity contribution is -0.0304. The lowest BCUT2D eigenvalue weighted by Crippen LogP contribution is -2.49. The predicted octanol–water partition coefficient (Wildman–Crippen LogP) is 4.86. The van der Waals surface area contributed by atoms with Crippen LogP contribution in [-0.4, -0.2) is 11.2 Å². The summed E-state index contributed by atoms with van der Waals surface area (Å²) in [4.78, 5) is 0. The van der Waals surface area contributed by atoms with E-state index in [1.54, 1.807) is 0 Å². The van der Waals surface area contributed by atoms with Gasteiger partial charge in [0.15, 0.2) is 0 Å². The maximum absolute atomic E-state index is 10.0. The number of allylic oxidation sites excluding steroid dienone is 2. The quantitative estimate of drug-likeness (QED) is 0.700. The summed E-state index contributed by atoms with van der Waals surface area (Å²) in [6, 6.07) is 2.54. The molecule has 8 atom stereocenters. The Morgan fingerprint density at radius 3 is 2.79 bits per heavy atom. The first-order valence-electron chi connectivity index (χ1n) is 9.86. The van der Waals surface area contributed by atoms with Gasteiger partial charge in [0.1, 0.15) is 0 Å². The van der Waals surface area contributed by atoms with Gasteiger partial charge in [0, 0.05) is 11.3 Å². The number of nitriles is 1. The zero-order valence-corrected chi connectivity index (χ0v) is 15.3. The summed E-state index contributed by atoms with van der Waals surface area (Å²) in [6.45, 7) is 7.03. The summed E-state index contributed by atoms with van der Waals surface area (Å²) >= 11 is 0. The number of aliphatic hydroxyl groups excluding tert-OH is 1. The molecule has 2 fully saturated rings. The molecule has 24 heavy (non-hydrogen) atoms. The molecule has 0 radical (unpaired) electrons. The zero-order chi connectivity index (χ0) is 17.1. The molecule has 2 nitrogen and oxygen atoms in total. The van der Waals surface area contributed by atoms with Gasteiger partial charge in [-0.15, -0.1) is 0 Å². The van der Waals surface area contributed by atoms with E-state index in [0.29, 0.717) is 11.3 Å². The molecule has 0 heterocycles. The van der Waals surface area contributed by atoms with Crippen molar-refractivity contribution in [2.24, 2.45) is 40.4 Å². The molecule has 0 amide bonds. The molecule has 1 N–H and O–H groups in total. The van der Waals surface area contributed by atoms with Gasteiger partial charge < -0.3 is 5.11 Å². The third kappa shape index (κ3) is 2.10. The van der Waals surface area contributed by atoms with E-state index in [9.17, 15) is 10.4 Å². The molecule has 0 aromatic heterocycles. The van der Waals surface area contributed by atoms with E-state index in [1.165, 1.54) is 37.7 Å². The number of hydrogen-bond acceptors (Lipinski definition) is 2. The van der Waals surface area contributed by atoms with Gasteiger partial charge in [0.25, 0.3) is 0 Å². The molecular weight excluding hydrogens is 294 g/mol. The molecule has 2 heteroatoms. The maximum Gasteiger partial charge on any atom is 0.0758 e. The van der Waals surface area contributed by atoms with Crippen LogP contribution in [-0.2, 0) is 0 Å². The first-order chi connectivity index (χ1) is 11.4. The second-order valence-electron chi connectivity index (χ2n) is 9.40. The van der Waals surface area contributed by atoms with Crippen molar-refractivity contribution in [1.82, 2.24) is 0 Å². The SMILES string of the molecule is C[C@H](C#N)[C@H]1CC[C@H]2[C@@H]3CC=C4C[C@@H](O)C=C[C@]4(C)[C@H]3CC[C@]12C. The highest BCUT2D eigenvalue weighted by Crippen LogP contribution is 2.66. The third-order valence-electron chi connectivity index (χ3n) is 8.51. The van der Waals surface area contributed by atoms with E-state index in [-0.39, 0.29) is 17.4 Å². The van der Waals surface area contributed by atoms with Crippen molar-refractivity contribution in [3.05, 3.63) is 23.8 Å². The first kappa shape index (κ1) is 16.4. The summed E-state index contributed by atoms with van der Waals surface area (Å²) in [7, 11) is 0. The Hall–Kier alpha value is -1.07. The van der Waals surface area contributed by atoms with Crippen LogP contribution in [0.1, 0.15) is 59.3 Å². The average molecular weight is 325 g/mol. The summed E-state index contributed by atoms with van der Waals surface area (Å²) in [5.41, 5.74) is 1.99. The van der Waals surface area contributed by atoms with E-state index >= 15 is 0 Å². The minimum atomic E-state index is -0.290. The van der Waals surface area contributed by atoms with Gasteiger partial charge in [-0.2, -0.15) is 5.26 Å². The van der Waals surface area contributed by atoms with E-state index in [1.807, 2.05) is 6.08 Å². The highest BCUT2D eigenvalue weighted by atomic mass is 16.3. The van der Waals surface area contributed by atoms with Crippen molar-refractivity contribution in [2.45, 2.75) is 65.4 Å². The fourth-order valence-electron chi connectivity index (χ4n) is 7.19. The zero-order valence-electron chi connectivity index (χ0n) is 15.3. The molecule has 0 aromatic carbocycles. The second-order valence-corrected chi connectivity index (χ2v) is 9.40. The highest BCUT2D eigenvalue weighted by molar-refractivity contribution is 5.32.